The Morgan fingerprint density at radius 1 is 1.27 bits per heavy atom. The predicted octanol–water partition coefficient (Wildman–Crippen LogP) is 1.63. The van der Waals surface area contributed by atoms with Gasteiger partial charge in [-0.2, -0.15) is 0 Å². The Morgan fingerprint density at radius 3 is 2.33 bits per heavy atom. The molecule has 1 heterocycles. The molecule has 0 aromatic carbocycles. The highest BCUT2D eigenvalue weighted by Gasteiger charge is 2.23. The lowest BCUT2D eigenvalue weighted by Gasteiger charge is -2.37. The number of nitrogens with one attached hydrogen (secondary N) is 1. The second-order valence-electron chi connectivity index (χ2n) is 4.85. The predicted molar refractivity (Wildman–Crippen MR) is 62.7 cm³/mol. The molecule has 0 aliphatic carbocycles. The number of rotatable bonds is 4. The fraction of sp³-hybridized carbons (Fsp3) is 0.917. The SMILES string of the molecule is CC(=O)NCC(C(C)C)N1CCCCC1. The van der Waals surface area contributed by atoms with Gasteiger partial charge in [0.2, 0.25) is 5.91 Å². The van der Waals surface area contributed by atoms with Crippen LogP contribution in [-0.2, 0) is 4.79 Å². The van der Waals surface area contributed by atoms with Gasteiger partial charge < -0.3 is 5.32 Å². The Balaban J connectivity index is 2.44. The molecule has 1 fully saturated rings. The van der Waals surface area contributed by atoms with Crippen LogP contribution in [0.4, 0.5) is 0 Å². The van der Waals surface area contributed by atoms with E-state index in [4.69, 9.17) is 0 Å². The Hall–Kier alpha value is -0.570. The maximum absolute atomic E-state index is 10.9. The molecular weight excluding hydrogens is 188 g/mol. The van der Waals surface area contributed by atoms with Crippen molar-refractivity contribution in [3.63, 3.8) is 0 Å². The van der Waals surface area contributed by atoms with E-state index in [9.17, 15) is 4.79 Å². The van der Waals surface area contributed by atoms with Crippen molar-refractivity contribution < 1.29 is 4.79 Å². The van der Waals surface area contributed by atoms with Crippen molar-refractivity contribution >= 4 is 5.91 Å². The van der Waals surface area contributed by atoms with E-state index in [1.807, 2.05) is 0 Å². The first-order valence-corrected chi connectivity index (χ1v) is 6.09. The van der Waals surface area contributed by atoms with Crippen molar-refractivity contribution in [3.8, 4) is 0 Å². The van der Waals surface area contributed by atoms with Crippen molar-refractivity contribution in [1.82, 2.24) is 10.2 Å². The summed E-state index contributed by atoms with van der Waals surface area (Å²) < 4.78 is 0. The van der Waals surface area contributed by atoms with E-state index in [2.05, 4.69) is 24.1 Å². The molecule has 1 atom stereocenters. The van der Waals surface area contributed by atoms with E-state index < -0.39 is 0 Å². The Morgan fingerprint density at radius 2 is 1.87 bits per heavy atom. The van der Waals surface area contributed by atoms with Crippen LogP contribution >= 0.6 is 0 Å². The monoisotopic (exact) mass is 212 g/mol. The summed E-state index contributed by atoms with van der Waals surface area (Å²) in [5.41, 5.74) is 0. The van der Waals surface area contributed by atoms with Crippen molar-refractivity contribution in [1.29, 1.82) is 0 Å². The molecule has 1 aliphatic rings. The van der Waals surface area contributed by atoms with Gasteiger partial charge >= 0.3 is 0 Å². The van der Waals surface area contributed by atoms with Gasteiger partial charge in [-0.1, -0.05) is 20.3 Å². The van der Waals surface area contributed by atoms with Crippen LogP contribution in [0.3, 0.4) is 0 Å². The van der Waals surface area contributed by atoms with Crippen LogP contribution in [0.15, 0.2) is 0 Å². The zero-order chi connectivity index (χ0) is 11.3. The van der Waals surface area contributed by atoms with Crippen LogP contribution in [-0.4, -0.2) is 36.5 Å². The van der Waals surface area contributed by atoms with E-state index >= 15 is 0 Å². The summed E-state index contributed by atoms with van der Waals surface area (Å²) in [5.74, 6) is 0.688. The number of likely N-dealkylation sites (tertiary alicyclic amines) is 1. The number of nitrogens with zero attached hydrogens (tertiary/aromatic N) is 1. The lowest BCUT2D eigenvalue weighted by atomic mass is 9.99. The van der Waals surface area contributed by atoms with Crippen LogP contribution in [0.1, 0.15) is 40.0 Å². The Kier molecular flexibility index (Phi) is 5.09. The molecule has 3 nitrogen and oxygen atoms in total. The average molecular weight is 212 g/mol. The highest BCUT2D eigenvalue weighted by Crippen LogP contribution is 2.16. The van der Waals surface area contributed by atoms with Crippen molar-refractivity contribution in [2.24, 2.45) is 5.92 Å². The van der Waals surface area contributed by atoms with Crippen LogP contribution in [0.2, 0.25) is 0 Å². The molecule has 1 unspecified atom stereocenters. The van der Waals surface area contributed by atoms with E-state index in [1.54, 1.807) is 6.92 Å². The number of hydrogen-bond donors (Lipinski definition) is 1. The molecule has 0 saturated carbocycles. The molecule has 0 radical (unpaired) electrons. The number of carbonyl (C=O) groups is 1. The van der Waals surface area contributed by atoms with Crippen LogP contribution in [0.25, 0.3) is 0 Å². The molecule has 3 heteroatoms. The van der Waals surface area contributed by atoms with Crippen molar-refractivity contribution in [2.75, 3.05) is 19.6 Å². The molecule has 0 spiro atoms. The first-order chi connectivity index (χ1) is 7.11. The molecule has 1 rings (SSSR count). The average Bonchev–Trinajstić information content (AvgIpc) is 2.18. The van der Waals surface area contributed by atoms with Gasteiger partial charge in [0, 0.05) is 19.5 Å². The highest BCUT2D eigenvalue weighted by molar-refractivity contribution is 5.72. The maximum atomic E-state index is 10.9. The van der Waals surface area contributed by atoms with E-state index in [0.29, 0.717) is 12.0 Å². The summed E-state index contributed by atoms with van der Waals surface area (Å²) in [6, 6.07) is 0.509. The smallest absolute Gasteiger partial charge is 0.216 e. The molecule has 1 N–H and O–H groups in total. The molecule has 15 heavy (non-hydrogen) atoms. The summed E-state index contributed by atoms with van der Waals surface area (Å²) in [6.45, 7) is 9.26. The molecule has 1 aliphatic heterocycles. The van der Waals surface area contributed by atoms with Gasteiger partial charge in [0.05, 0.1) is 0 Å². The summed E-state index contributed by atoms with van der Waals surface area (Å²) in [7, 11) is 0. The van der Waals surface area contributed by atoms with Gasteiger partial charge in [-0.15, -0.1) is 0 Å². The molecule has 88 valence electrons. The van der Waals surface area contributed by atoms with Crippen LogP contribution in [0, 0.1) is 5.92 Å². The van der Waals surface area contributed by atoms with E-state index in [-0.39, 0.29) is 5.91 Å². The second-order valence-corrected chi connectivity index (χ2v) is 4.85. The van der Waals surface area contributed by atoms with E-state index in [1.165, 1.54) is 32.4 Å². The number of carbonyl (C=O) groups excluding carboxylic acids is 1. The van der Waals surface area contributed by atoms with Gasteiger partial charge in [0.1, 0.15) is 0 Å². The first-order valence-electron chi connectivity index (χ1n) is 6.09. The summed E-state index contributed by atoms with van der Waals surface area (Å²) in [6.07, 6.45) is 3.98. The fourth-order valence-corrected chi connectivity index (χ4v) is 2.28. The Labute approximate surface area is 93.2 Å². The third-order valence-electron chi connectivity index (χ3n) is 3.19. The minimum Gasteiger partial charge on any atom is -0.355 e. The maximum Gasteiger partial charge on any atom is 0.216 e. The third kappa shape index (κ3) is 4.20. The number of hydrogen-bond acceptors (Lipinski definition) is 2. The zero-order valence-electron chi connectivity index (χ0n) is 10.3. The molecule has 0 bridgehead atoms. The molecular formula is C12H24N2O. The van der Waals surface area contributed by atoms with Gasteiger partial charge in [0.15, 0.2) is 0 Å². The number of piperidine rings is 1. The summed E-state index contributed by atoms with van der Waals surface area (Å²) in [5, 5.41) is 2.94. The minimum atomic E-state index is 0.0812. The largest absolute Gasteiger partial charge is 0.355 e. The first kappa shape index (κ1) is 12.5. The van der Waals surface area contributed by atoms with Crippen molar-refractivity contribution in [3.05, 3.63) is 0 Å². The van der Waals surface area contributed by atoms with E-state index in [0.717, 1.165) is 6.54 Å². The zero-order valence-corrected chi connectivity index (χ0v) is 10.3. The summed E-state index contributed by atoms with van der Waals surface area (Å²) in [4.78, 5) is 13.5. The van der Waals surface area contributed by atoms with Gasteiger partial charge in [-0.3, -0.25) is 9.69 Å². The second kappa shape index (κ2) is 6.11. The molecule has 1 amide bonds. The highest BCUT2D eigenvalue weighted by atomic mass is 16.1. The van der Waals surface area contributed by atoms with Crippen LogP contribution < -0.4 is 5.32 Å². The molecule has 0 aromatic heterocycles. The summed E-state index contributed by atoms with van der Waals surface area (Å²) >= 11 is 0. The molecule has 1 saturated heterocycles. The lowest BCUT2D eigenvalue weighted by Crippen LogP contribution is -2.48. The lowest BCUT2D eigenvalue weighted by molar-refractivity contribution is -0.119. The Bertz CT molecular complexity index is 198. The minimum absolute atomic E-state index is 0.0812. The number of amides is 1. The fourth-order valence-electron chi connectivity index (χ4n) is 2.28. The van der Waals surface area contributed by atoms with Crippen molar-refractivity contribution in [2.45, 2.75) is 46.1 Å². The van der Waals surface area contributed by atoms with Crippen LogP contribution in [0.5, 0.6) is 0 Å². The standard InChI is InChI=1S/C12H24N2O/c1-10(2)12(9-13-11(3)15)14-7-5-4-6-8-14/h10,12H,4-9H2,1-3H3,(H,13,15). The van der Waals surface area contributed by atoms with Gasteiger partial charge in [-0.05, 0) is 31.8 Å². The third-order valence-corrected chi connectivity index (χ3v) is 3.19. The van der Waals surface area contributed by atoms with Gasteiger partial charge in [0.25, 0.3) is 0 Å². The normalized spacial score (nSPS) is 20.3. The molecule has 0 aromatic rings. The quantitative estimate of drug-likeness (QED) is 0.768. The topological polar surface area (TPSA) is 32.3 Å². The van der Waals surface area contributed by atoms with Gasteiger partial charge in [-0.25, -0.2) is 0 Å².